The number of hydrogen-bond acceptors (Lipinski definition) is 3. The maximum Gasteiger partial charge on any atom is 0.192 e. The Morgan fingerprint density at radius 3 is 2.38 bits per heavy atom. The molecule has 0 radical (unpaired) electrons. The molecule has 0 aliphatic carbocycles. The van der Waals surface area contributed by atoms with E-state index in [1.165, 1.54) is 11.8 Å². The lowest BCUT2D eigenvalue weighted by atomic mass is 10.1. The quantitative estimate of drug-likeness (QED) is 0.657. The lowest BCUT2D eigenvalue weighted by Gasteiger charge is -2.18. The van der Waals surface area contributed by atoms with Crippen LogP contribution in [0.3, 0.4) is 0 Å². The second-order valence-corrected chi connectivity index (χ2v) is 6.01. The van der Waals surface area contributed by atoms with Crippen LogP contribution in [0.5, 0.6) is 0 Å². The second kappa shape index (κ2) is 5.43. The van der Waals surface area contributed by atoms with Crippen molar-refractivity contribution in [1.82, 2.24) is 0 Å². The molecular formula is C10H18O2S. The number of aldehydes is 1. The summed E-state index contributed by atoms with van der Waals surface area (Å²) in [6.45, 7) is 7.93. The number of carbonyl (C=O) groups excluding carboxylic acids is 2. The summed E-state index contributed by atoms with van der Waals surface area (Å²) in [4.78, 5) is 21.6. The molecular weight excluding hydrogens is 184 g/mol. The first-order chi connectivity index (χ1) is 5.87. The highest BCUT2D eigenvalue weighted by Crippen LogP contribution is 2.28. The van der Waals surface area contributed by atoms with Crippen molar-refractivity contribution in [3.05, 3.63) is 0 Å². The zero-order chi connectivity index (χ0) is 10.5. The monoisotopic (exact) mass is 202 g/mol. The van der Waals surface area contributed by atoms with Crippen LogP contribution in [0.15, 0.2) is 0 Å². The van der Waals surface area contributed by atoms with Crippen molar-refractivity contribution in [2.24, 2.45) is 5.92 Å². The van der Waals surface area contributed by atoms with Gasteiger partial charge in [0.2, 0.25) is 0 Å². The van der Waals surface area contributed by atoms with Gasteiger partial charge >= 0.3 is 0 Å². The van der Waals surface area contributed by atoms with Crippen LogP contribution in [0.2, 0.25) is 0 Å². The maximum atomic E-state index is 11.5. The molecule has 0 bridgehead atoms. The average molecular weight is 202 g/mol. The minimum atomic E-state index is -0.0213. The maximum absolute atomic E-state index is 11.5. The molecule has 0 amide bonds. The minimum Gasteiger partial charge on any atom is -0.303 e. The molecule has 0 saturated heterocycles. The van der Waals surface area contributed by atoms with E-state index >= 15 is 0 Å². The van der Waals surface area contributed by atoms with Gasteiger partial charge in [-0.1, -0.05) is 39.5 Å². The van der Waals surface area contributed by atoms with E-state index in [0.717, 1.165) is 6.29 Å². The Kier molecular flexibility index (Phi) is 5.30. The van der Waals surface area contributed by atoms with Gasteiger partial charge in [-0.3, -0.25) is 4.79 Å². The molecule has 0 aromatic carbocycles. The zero-order valence-corrected chi connectivity index (χ0v) is 9.61. The van der Waals surface area contributed by atoms with E-state index in [1.807, 2.05) is 27.7 Å². The molecule has 0 spiro atoms. The molecule has 0 aliphatic heterocycles. The Morgan fingerprint density at radius 1 is 1.46 bits per heavy atom. The Balaban J connectivity index is 3.89. The van der Waals surface area contributed by atoms with Gasteiger partial charge in [0.25, 0.3) is 0 Å². The Labute approximate surface area is 84.5 Å². The van der Waals surface area contributed by atoms with Crippen LogP contribution < -0.4 is 0 Å². The van der Waals surface area contributed by atoms with Crippen LogP contribution in [0, 0.1) is 5.92 Å². The van der Waals surface area contributed by atoms with Crippen molar-refractivity contribution >= 4 is 23.2 Å². The summed E-state index contributed by atoms with van der Waals surface area (Å²) in [5.74, 6) is -0.00516. The van der Waals surface area contributed by atoms with E-state index in [9.17, 15) is 9.59 Å². The highest BCUT2D eigenvalue weighted by atomic mass is 32.2. The molecule has 1 atom stereocenters. The molecule has 0 unspecified atom stereocenters. The van der Waals surface area contributed by atoms with Gasteiger partial charge in [0, 0.05) is 17.1 Å². The van der Waals surface area contributed by atoms with E-state index in [1.54, 1.807) is 0 Å². The molecule has 13 heavy (non-hydrogen) atoms. The fraction of sp³-hybridized carbons (Fsp3) is 0.800. The van der Waals surface area contributed by atoms with E-state index in [2.05, 4.69) is 0 Å². The van der Waals surface area contributed by atoms with Gasteiger partial charge in [0.1, 0.15) is 6.29 Å². The van der Waals surface area contributed by atoms with Gasteiger partial charge < -0.3 is 4.79 Å². The molecule has 0 rings (SSSR count). The van der Waals surface area contributed by atoms with Crippen molar-refractivity contribution in [3.8, 4) is 0 Å². The topological polar surface area (TPSA) is 34.1 Å². The van der Waals surface area contributed by atoms with Crippen LogP contribution >= 0.6 is 11.8 Å². The van der Waals surface area contributed by atoms with Gasteiger partial charge in [-0.25, -0.2) is 0 Å². The predicted molar refractivity (Wildman–Crippen MR) is 56.8 cm³/mol. The molecule has 0 fully saturated rings. The molecule has 0 aromatic rings. The number of thioether (sulfide) groups is 1. The Morgan fingerprint density at radius 2 is 2.00 bits per heavy atom. The van der Waals surface area contributed by atoms with Gasteiger partial charge in [-0.15, -0.1) is 0 Å². The van der Waals surface area contributed by atoms with Crippen LogP contribution in [0.1, 0.15) is 40.5 Å². The minimum absolute atomic E-state index is 0.00516. The SMILES string of the molecule is C[C@H](CCC=O)C(=O)SC(C)(C)C. The molecule has 0 saturated carbocycles. The van der Waals surface area contributed by atoms with Gasteiger partial charge in [-0.2, -0.15) is 0 Å². The van der Waals surface area contributed by atoms with Gasteiger partial charge in [-0.05, 0) is 6.42 Å². The summed E-state index contributed by atoms with van der Waals surface area (Å²) in [7, 11) is 0. The Bertz CT molecular complexity index is 182. The summed E-state index contributed by atoms with van der Waals surface area (Å²) >= 11 is 1.36. The number of carbonyl (C=O) groups is 2. The smallest absolute Gasteiger partial charge is 0.192 e. The van der Waals surface area contributed by atoms with Gasteiger partial charge in [0.05, 0.1) is 0 Å². The van der Waals surface area contributed by atoms with E-state index in [0.29, 0.717) is 12.8 Å². The molecule has 3 heteroatoms. The molecule has 0 N–H and O–H groups in total. The summed E-state index contributed by atoms with van der Waals surface area (Å²) in [6.07, 6.45) is 2.02. The highest BCUT2D eigenvalue weighted by Gasteiger charge is 2.20. The zero-order valence-electron chi connectivity index (χ0n) is 8.79. The predicted octanol–water partition coefficient (Wildman–Crippen LogP) is 2.66. The Hall–Kier alpha value is -0.310. The number of hydrogen-bond donors (Lipinski definition) is 0. The number of rotatable bonds is 4. The molecule has 76 valence electrons. The second-order valence-electron chi connectivity index (χ2n) is 4.18. The first-order valence-corrected chi connectivity index (χ1v) is 5.35. The summed E-state index contributed by atoms with van der Waals surface area (Å²) < 4.78 is -0.0213. The van der Waals surface area contributed by atoms with Gasteiger partial charge in [0.15, 0.2) is 5.12 Å². The third kappa shape index (κ3) is 6.82. The van der Waals surface area contributed by atoms with Crippen molar-refractivity contribution in [1.29, 1.82) is 0 Å². The third-order valence-electron chi connectivity index (χ3n) is 1.53. The standard InChI is InChI=1S/C10H18O2S/c1-8(6-5-7-11)9(12)13-10(2,3)4/h7-8H,5-6H2,1-4H3/t8-/m1/s1. The lowest BCUT2D eigenvalue weighted by molar-refractivity contribution is -0.114. The van der Waals surface area contributed by atoms with E-state index < -0.39 is 0 Å². The normalized spacial score (nSPS) is 13.8. The lowest BCUT2D eigenvalue weighted by Crippen LogP contribution is -2.16. The average Bonchev–Trinajstić information content (AvgIpc) is 1.96. The van der Waals surface area contributed by atoms with Crippen molar-refractivity contribution in [2.45, 2.75) is 45.3 Å². The molecule has 0 aromatic heterocycles. The largest absolute Gasteiger partial charge is 0.303 e. The molecule has 2 nitrogen and oxygen atoms in total. The van der Waals surface area contributed by atoms with Crippen molar-refractivity contribution < 1.29 is 9.59 Å². The third-order valence-corrected chi connectivity index (χ3v) is 2.74. The fourth-order valence-corrected chi connectivity index (χ4v) is 1.76. The summed E-state index contributed by atoms with van der Waals surface area (Å²) in [5, 5.41) is 0.189. The first-order valence-electron chi connectivity index (χ1n) is 4.53. The van der Waals surface area contributed by atoms with Crippen LogP contribution in [0.25, 0.3) is 0 Å². The highest BCUT2D eigenvalue weighted by molar-refractivity contribution is 8.14. The summed E-state index contributed by atoms with van der Waals surface area (Å²) in [6, 6.07) is 0. The van der Waals surface area contributed by atoms with Crippen LogP contribution in [-0.4, -0.2) is 16.1 Å². The van der Waals surface area contributed by atoms with E-state index in [-0.39, 0.29) is 15.8 Å². The molecule has 0 heterocycles. The van der Waals surface area contributed by atoms with E-state index in [4.69, 9.17) is 0 Å². The van der Waals surface area contributed by atoms with Crippen molar-refractivity contribution in [3.63, 3.8) is 0 Å². The first kappa shape index (κ1) is 12.7. The molecule has 0 aliphatic rings. The summed E-state index contributed by atoms with van der Waals surface area (Å²) in [5.41, 5.74) is 0. The van der Waals surface area contributed by atoms with Crippen LogP contribution in [0.4, 0.5) is 0 Å². The van der Waals surface area contributed by atoms with Crippen LogP contribution in [-0.2, 0) is 9.59 Å². The van der Waals surface area contributed by atoms with Crippen molar-refractivity contribution in [2.75, 3.05) is 0 Å². The fourth-order valence-electron chi connectivity index (χ4n) is 0.838.